The van der Waals surface area contributed by atoms with Crippen LogP contribution in [0, 0.1) is 0 Å². The molecule has 1 aromatic heterocycles. The fraction of sp³-hybridized carbons (Fsp3) is 0.600. The van der Waals surface area contributed by atoms with Crippen molar-refractivity contribution in [2.75, 3.05) is 50.9 Å². The maximum absolute atomic E-state index is 4.42. The highest BCUT2D eigenvalue weighted by atomic mass is 32.2. The number of nitrogens with one attached hydrogen (secondary N) is 1. The highest BCUT2D eigenvalue weighted by Crippen LogP contribution is 2.12. The Balaban J connectivity index is 1.85. The molecule has 1 aliphatic heterocycles. The van der Waals surface area contributed by atoms with Crippen molar-refractivity contribution in [2.45, 2.75) is 12.2 Å². The molecule has 1 saturated heterocycles. The van der Waals surface area contributed by atoms with Crippen LogP contribution in [0.1, 0.15) is 6.92 Å². The van der Waals surface area contributed by atoms with Gasteiger partial charge in [-0.1, -0.05) is 13.0 Å². The van der Waals surface area contributed by atoms with Gasteiger partial charge in [-0.3, -0.25) is 4.99 Å². The van der Waals surface area contributed by atoms with Crippen molar-refractivity contribution < 1.29 is 0 Å². The second kappa shape index (κ2) is 8.12. The van der Waals surface area contributed by atoms with E-state index in [0.717, 1.165) is 44.5 Å². The van der Waals surface area contributed by atoms with Gasteiger partial charge in [0.2, 0.25) is 0 Å². The van der Waals surface area contributed by atoms with E-state index < -0.39 is 0 Å². The van der Waals surface area contributed by atoms with Crippen LogP contribution in [0.2, 0.25) is 0 Å². The number of aromatic nitrogens is 1. The fourth-order valence-corrected chi connectivity index (χ4v) is 2.59. The van der Waals surface area contributed by atoms with Gasteiger partial charge >= 0.3 is 0 Å². The summed E-state index contributed by atoms with van der Waals surface area (Å²) >= 11 is 1.87. The summed E-state index contributed by atoms with van der Waals surface area (Å²) in [5, 5.41) is 4.06. The Morgan fingerprint density at radius 2 is 2.14 bits per heavy atom. The minimum Gasteiger partial charge on any atom is -0.355 e. The molecule has 1 fully saturated rings. The molecule has 0 aromatic carbocycles. The van der Waals surface area contributed by atoms with E-state index in [-0.39, 0.29) is 0 Å². The number of nitrogens with zero attached hydrogens (tertiary/aromatic N) is 4. The number of hydrogen-bond acceptors (Lipinski definition) is 4. The molecule has 0 aliphatic carbocycles. The first-order valence-corrected chi connectivity index (χ1v) is 8.67. The SMILES string of the molecule is CN=C(NCC(C)SC)N1CCN(c2ccccn2)CC1. The minimum absolute atomic E-state index is 0.594. The van der Waals surface area contributed by atoms with Crippen LogP contribution in [0.25, 0.3) is 0 Å². The molecule has 2 rings (SSSR count). The van der Waals surface area contributed by atoms with Crippen LogP contribution in [-0.2, 0) is 0 Å². The molecule has 116 valence electrons. The number of hydrogen-bond donors (Lipinski definition) is 1. The molecule has 21 heavy (non-hydrogen) atoms. The van der Waals surface area contributed by atoms with E-state index in [1.807, 2.05) is 37.1 Å². The van der Waals surface area contributed by atoms with Gasteiger partial charge in [0, 0.05) is 51.2 Å². The maximum Gasteiger partial charge on any atom is 0.193 e. The maximum atomic E-state index is 4.42. The summed E-state index contributed by atoms with van der Waals surface area (Å²) in [6.45, 7) is 7.09. The first-order chi connectivity index (χ1) is 10.2. The van der Waals surface area contributed by atoms with Crippen LogP contribution in [0.3, 0.4) is 0 Å². The summed E-state index contributed by atoms with van der Waals surface area (Å²) < 4.78 is 0. The van der Waals surface area contributed by atoms with Crippen molar-refractivity contribution in [3.05, 3.63) is 24.4 Å². The fourth-order valence-electron chi connectivity index (χ4n) is 2.34. The molecule has 1 atom stereocenters. The number of guanidine groups is 1. The zero-order valence-electron chi connectivity index (χ0n) is 13.1. The Hall–Kier alpha value is -1.43. The molecule has 1 N–H and O–H groups in total. The van der Waals surface area contributed by atoms with Gasteiger partial charge in [-0.25, -0.2) is 4.98 Å². The zero-order chi connectivity index (χ0) is 15.1. The number of piperazine rings is 1. The van der Waals surface area contributed by atoms with Crippen LogP contribution in [-0.4, -0.2) is 67.1 Å². The van der Waals surface area contributed by atoms with Crippen molar-refractivity contribution >= 4 is 23.5 Å². The lowest BCUT2D eigenvalue weighted by atomic mass is 10.3. The van der Waals surface area contributed by atoms with Crippen molar-refractivity contribution in [1.29, 1.82) is 0 Å². The van der Waals surface area contributed by atoms with Crippen LogP contribution in [0.15, 0.2) is 29.4 Å². The summed E-state index contributed by atoms with van der Waals surface area (Å²) in [5.74, 6) is 2.08. The molecular weight excluding hydrogens is 282 g/mol. The van der Waals surface area contributed by atoms with Gasteiger partial charge in [0.15, 0.2) is 5.96 Å². The monoisotopic (exact) mass is 307 g/mol. The number of thioether (sulfide) groups is 1. The minimum atomic E-state index is 0.594. The number of rotatable bonds is 4. The molecule has 2 heterocycles. The Kier molecular flexibility index (Phi) is 6.17. The third kappa shape index (κ3) is 4.52. The first kappa shape index (κ1) is 15.9. The third-order valence-electron chi connectivity index (χ3n) is 3.71. The molecule has 0 radical (unpaired) electrons. The second-order valence-corrected chi connectivity index (χ2v) is 6.41. The largest absolute Gasteiger partial charge is 0.355 e. The van der Waals surface area contributed by atoms with Gasteiger partial charge in [-0.15, -0.1) is 0 Å². The van der Waals surface area contributed by atoms with Crippen LogP contribution >= 0.6 is 11.8 Å². The number of anilines is 1. The van der Waals surface area contributed by atoms with Crippen molar-refractivity contribution in [1.82, 2.24) is 15.2 Å². The second-order valence-electron chi connectivity index (χ2n) is 5.14. The van der Waals surface area contributed by atoms with E-state index in [9.17, 15) is 0 Å². The van der Waals surface area contributed by atoms with E-state index in [4.69, 9.17) is 0 Å². The van der Waals surface area contributed by atoms with Crippen LogP contribution in [0.4, 0.5) is 5.82 Å². The summed E-state index contributed by atoms with van der Waals surface area (Å²) in [7, 11) is 1.86. The lowest BCUT2D eigenvalue weighted by Crippen LogP contribution is -2.53. The average Bonchev–Trinajstić information content (AvgIpc) is 2.56. The topological polar surface area (TPSA) is 43.8 Å². The van der Waals surface area contributed by atoms with E-state index in [2.05, 4.69) is 44.3 Å². The summed E-state index contributed by atoms with van der Waals surface area (Å²) in [5.41, 5.74) is 0. The Morgan fingerprint density at radius 3 is 2.71 bits per heavy atom. The summed E-state index contributed by atoms with van der Waals surface area (Å²) in [6.07, 6.45) is 3.99. The van der Waals surface area contributed by atoms with E-state index in [1.54, 1.807) is 0 Å². The standard InChI is InChI=1S/C15H25N5S/c1-13(21-3)12-18-15(16-2)20-10-8-19(9-11-20)14-6-4-5-7-17-14/h4-7,13H,8-12H2,1-3H3,(H,16,18). The van der Waals surface area contributed by atoms with Gasteiger partial charge < -0.3 is 15.1 Å². The Morgan fingerprint density at radius 1 is 1.38 bits per heavy atom. The molecule has 0 saturated carbocycles. The zero-order valence-corrected chi connectivity index (χ0v) is 13.9. The highest BCUT2D eigenvalue weighted by molar-refractivity contribution is 7.99. The third-order valence-corrected chi connectivity index (χ3v) is 4.69. The van der Waals surface area contributed by atoms with E-state index >= 15 is 0 Å². The summed E-state index contributed by atoms with van der Waals surface area (Å²) in [6, 6.07) is 6.07. The smallest absolute Gasteiger partial charge is 0.193 e. The molecule has 1 unspecified atom stereocenters. The van der Waals surface area contributed by atoms with Crippen molar-refractivity contribution in [3.8, 4) is 0 Å². The molecule has 1 aliphatic rings. The lowest BCUT2D eigenvalue weighted by molar-refractivity contribution is 0.372. The summed E-state index contributed by atoms with van der Waals surface area (Å²) in [4.78, 5) is 13.5. The van der Waals surface area contributed by atoms with Crippen molar-refractivity contribution in [2.24, 2.45) is 4.99 Å². The van der Waals surface area contributed by atoms with Crippen LogP contribution in [0.5, 0.6) is 0 Å². The lowest BCUT2D eigenvalue weighted by Gasteiger charge is -2.37. The predicted molar refractivity (Wildman–Crippen MR) is 92.4 cm³/mol. The van der Waals surface area contributed by atoms with Gasteiger partial charge in [0.25, 0.3) is 0 Å². The van der Waals surface area contributed by atoms with E-state index in [1.165, 1.54) is 0 Å². The average molecular weight is 307 g/mol. The normalized spacial score (nSPS) is 17.8. The molecular formula is C15H25N5S. The van der Waals surface area contributed by atoms with Crippen molar-refractivity contribution in [3.63, 3.8) is 0 Å². The van der Waals surface area contributed by atoms with Gasteiger partial charge in [0.1, 0.15) is 5.82 Å². The molecule has 0 bridgehead atoms. The molecule has 6 heteroatoms. The van der Waals surface area contributed by atoms with Gasteiger partial charge in [-0.05, 0) is 18.4 Å². The highest BCUT2D eigenvalue weighted by Gasteiger charge is 2.20. The predicted octanol–water partition coefficient (Wildman–Crippen LogP) is 1.53. The number of aliphatic imine (C=N–C) groups is 1. The van der Waals surface area contributed by atoms with Crippen LogP contribution < -0.4 is 10.2 Å². The number of pyridine rings is 1. The van der Waals surface area contributed by atoms with Gasteiger partial charge in [0.05, 0.1) is 0 Å². The van der Waals surface area contributed by atoms with Gasteiger partial charge in [-0.2, -0.15) is 11.8 Å². The quantitative estimate of drug-likeness (QED) is 0.675. The Bertz CT molecular complexity index is 443. The Labute approximate surface area is 131 Å². The first-order valence-electron chi connectivity index (χ1n) is 7.39. The molecule has 1 aromatic rings. The molecule has 0 amide bonds. The van der Waals surface area contributed by atoms with E-state index in [0.29, 0.717) is 5.25 Å². The molecule has 5 nitrogen and oxygen atoms in total. The molecule has 0 spiro atoms.